The average molecular weight is 375 g/mol. The van der Waals surface area contributed by atoms with Crippen LogP contribution in [0.25, 0.3) is 0 Å². The average Bonchev–Trinajstić information content (AvgIpc) is 2.89. The lowest BCUT2D eigenvalue weighted by atomic mass is 10.1. The van der Waals surface area contributed by atoms with Gasteiger partial charge in [-0.3, -0.25) is 4.79 Å². The van der Waals surface area contributed by atoms with E-state index >= 15 is 0 Å². The van der Waals surface area contributed by atoms with Crippen molar-refractivity contribution in [3.63, 3.8) is 0 Å². The Morgan fingerprint density at radius 3 is 2.57 bits per heavy atom. The van der Waals surface area contributed by atoms with Gasteiger partial charge in [-0.25, -0.2) is 8.42 Å². The van der Waals surface area contributed by atoms with E-state index in [0.29, 0.717) is 19.5 Å². The molecule has 0 spiro atoms. The number of carbonyl (C=O) groups is 1. The molecule has 1 heterocycles. The van der Waals surface area contributed by atoms with Gasteiger partial charge in [0.25, 0.3) is 0 Å². The van der Waals surface area contributed by atoms with E-state index in [4.69, 9.17) is 0 Å². The highest BCUT2D eigenvalue weighted by Gasteiger charge is 2.37. The Labute approximate surface area is 134 Å². The van der Waals surface area contributed by atoms with Gasteiger partial charge in [0, 0.05) is 24.6 Å². The van der Waals surface area contributed by atoms with Crippen molar-refractivity contribution in [1.82, 2.24) is 9.21 Å². The zero-order valence-corrected chi connectivity index (χ0v) is 14.5. The van der Waals surface area contributed by atoms with Crippen LogP contribution in [0.1, 0.15) is 18.4 Å². The van der Waals surface area contributed by atoms with Crippen molar-refractivity contribution < 1.29 is 13.2 Å². The molecular weight excluding hydrogens is 356 g/mol. The lowest BCUT2D eigenvalue weighted by Crippen LogP contribution is -2.45. The second-order valence-corrected chi connectivity index (χ2v) is 8.20. The maximum atomic E-state index is 12.5. The van der Waals surface area contributed by atoms with E-state index in [-0.39, 0.29) is 5.91 Å². The van der Waals surface area contributed by atoms with E-state index in [1.165, 1.54) is 4.31 Å². The molecule has 7 heteroatoms. The van der Waals surface area contributed by atoms with Crippen LogP contribution in [0.4, 0.5) is 0 Å². The highest BCUT2D eigenvalue weighted by atomic mass is 79.9. The van der Waals surface area contributed by atoms with E-state index in [2.05, 4.69) is 15.9 Å². The van der Waals surface area contributed by atoms with Crippen LogP contribution in [-0.2, 0) is 21.4 Å². The van der Waals surface area contributed by atoms with Gasteiger partial charge in [0.05, 0.1) is 6.26 Å². The molecule has 1 amide bonds. The Morgan fingerprint density at radius 1 is 1.38 bits per heavy atom. The Bertz CT molecular complexity index is 616. The van der Waals surface area contributed by atoms with Crippen molar-refractivity contribution in [1.29, 1.82) is 0 Å². The summed E-state index contributed by atoms with van der Waals surface area (Å²) in [5.74, 6) is -0.138. The molecule has 1 unspecified atom stereocenters. The topological polar surface area (TPSA) is 57.7 Å². The molecule has 0 N–H and O–H groups in total. The van der Waals surface area contributed by atoms with Crippen LogP contribution in [0.15, 0.2) is 28.7 Å². The first-order valence-electron chi connectivity index (χ1n) is 6.75. The summed E-state index contributed by atoms with van der Waals surface area (Å²) >= 11 is 3.37. The van der Waals surface area contributed by atoms with Crippen molar-refractivity contribution in [2.24, 2.45) is 0 Å². The fraction of sp³-hybridized carbons (Fsp3) is 0.500. The minimum atomic E-state index is -3.33. The van der Waals surface area contributed by atoms with Crippen molar-refractivity contribution in [2.75, 3.05) is 19.8 Å². The van der Waals surface area contributed by atoms with Gasteiger partial charge in [-0.15, -0.1) is 0 Å². The van der Waals surface area contributed by atoms with Crippen molar-refractivity contribution in [3.8, 4) is 0 Å². The third kappa shape index (κ3) is 4.05. The molecule has 0 aliphatic carbocycles. The molecule has 0 bridgehead atoms. The highest BCUT2D eigenvalue weighted by molar-refractivity contribution is 9.10. The standard InChI is InChI=1S/C14H19BrN2O3S/c1-16(10-11-5-7-12(15)8-6-11)14(18)13-4-3-9-17(13)21(2,19)20/h5-8,13H,3-4,9-10H2,1-2H3. The van der Waals surface area contributed by atoms with Crippen LogP contribution < -0.4 is 0 Å². The maximum absolute atomic E-state index is 12.5. The summed E-state index contributed by atoms with van der Waals surface area (Å²) in [7, 11) is -1.62. The first kappa shape index (κ1) is 16.5. The monoisotopic (exact) mass is 374 g/mol. The van der Waals surface area contributed by atoms with Gasteiger partial charge in [0.1, 0.15) is 6.04 Å². The zero-order valence-electron chi connectivity index (χ0n) is 12.1. The summed E-state index contributed by atoms with van der Waals surface area (Å²) in [4.78, 5) is 14.1. The lowest BCUT2D eigenvalue weighted by molar-refractivity contribution is -0.133. The number of rotatable bonds is 4. The molecule has 0 radical (unpaired) electrons. The van der Waals surface area contributed by atoms with Crippen LogP contribution in [0.5, 0.6) is 0 Å². The highest BCUT2D eigenvalue weighted by Crippen LogP contribution is 2.22. The van der Waals surface area contributed by atoms with Crippen molar-refractivity contribution in [2.45, 2.75) is 25.4 Å². The number of sulfonamides is 1. The predicted molar refractivity (Wildman–Crippen MR) is 85.2 cm³/mol. The second-order valence-electron chi connectivity index (χ2n) is 5.35. The van der Waals surface area contributed by atoms with Gasteiger partial charge in [0.15, 0.2) is 0 Å². The zero-order chi connectivity index (χ0) is 15.6. The molecule has 1 aliphatic rings. The molecule has 0 saturated carbocycles. The molecule has 0 aromatic heterocycles. The SMILES string of the molecule is CN(Cc1ccc(Br)cc1)C(=O)C1CCCN1S(C)(=O)=O. The van der Waals surface area contributed by atoms with Crippen molar-refractivity contribution in [3.05, 3.63) is 34.3 Å². The number of amides is 1. The number of likely N-dealkylation sites (N-methyl/N-ethyl adjacent to an activating group) is 1. The Morgan fingerprint density at radius 2 is 2.00 bits per heavy atom. The number of hydrogen-bond acceptors (Lipinski definition) is 3. The summed E-state index contributed by atoms with van der Waals surface area (Å²) in [6.07, 6.45) is 2.49. The third-order valence-corrected chi connectivity index (χ3v) is 5.44. The molecule has 1 fully saturated rings. The first-order chi connectivity index (χ1) is 9.79. The molecule has 1 aromatic rings. The van der Waals surface area contributed by atoms with Gasteiger partial charge in [-0.1, -0.05) is 28.1 Å². The van der Waals surface area contributed by atoms with Gasteiger partial charge in [-0.2, -0.15) is 4.31 Å². The van der Waals surface area contributed by atoms with Gasteiger partial charge >= 0.3 is 0 Å². The molecule has 1 saturated heterocycles. The smallest absolute Gasteiger partial charge is 0.241 e. The lowest BCUT2D eigenvalue weighted by Gasteiger charge is -2.26. The molecule has 5 nitrogen and oxygen atoms in total. The number of hydrogen-bond donors (Lipinski definition) is 0. The maximum Gasteiger partial charge on any atom is 0.241 e. The minimum Gasteiger partial charge on any atom is -0.340 e. The number of benzene rings is 1. The molecule has 116 valence electrons. The van der Waals surface area contributed by atoms with E-state index < -0.39 is 16.1 Å². The second kappa shape index (κ2) is 6.46. The molecule has 1 atom stereocenters. The molecular formula is C14H19BrN2O3S. The summed E-state index contributed by atoms with van der Waals surface area (Å²) in [6.45, 7) is 0.904. The molecule has 1 aliphatic heterocycles. The molecule has 21 heavy (non-hydrogen) atoms. The fourth-order valence-corrected chi connectivity index (χ4v) is 3.96. The van der Waals surface area contributed by atoms with Gasteiger partial charge in [-0.05, 0) is 30.5 Å². The number of nitrogens with zero attached hydrogens (tertiary/aromatic N) is 2. The normalized spacial score (nSPS) is 19.7. The van der Waals surface area contributed by atoms with Crippen LogP contribution in [0.2, 0.25) is 0 Å². The first-order valence-corrected chi connectivity index (χ1v) is 9.39. The predicted octanol–water partition coefficient (Wildman–Crippen LogP) is 1.83. The van der Waals surface area contributed by atoms with E-state index in [1.54, 1.807) is 11.9 Å². The van der Waals surface area contributed by atoms with Gasteiger partial charge in [0.2, 0.25) is 15.9 Å². The molecule has 1 aromatic carbocycles. The van der Waals surface area contributed by atoms with E-state index in [0.717, 1.165) is 22.7 Å². The quantitative estimate of drug-likeness (QED) is 0.807. The van der Waals surface area contributed by atoms with E-state index in [9.17, 15) is 13.2 Å². The molecule has 2 rings (SSSR count). The Balaban J connectivity index is 2.07. The Hall–Kier alpha value is -0.920. The van der Waals surface area contributed by atoms with Crippen molar-refractivity contribution >= 4 is 31.9 Å². The van der Waals surface area contributed by atoms with Crippen LogP contribution in [-0.4, -0.2) is 49.4 Å². The minimum absolute atomic E-state index is 0.138. The van der Waals surface area contributed by atoms with Gasteiger partial charge < -0.3 is 4.90 Å². The Kier molecular flexibility index (Phi) is 5.06. The fourth-order valence-electron chi connectivity index (χ4n) is 2.58. The van der Waals surface area contributed by atoms with Crippen LogP contribution >= 0.6 is 15.9 Å². The summed E-state index contributed by atoms with van der Waals surface area (Å²) in [5.41, 5.74) is 1.01. The number of halogens is 1. The summed E-state index contributed by atoms with van der Waals surface area (Å²) < 4.78 is 25.7. The van der Waals surface area contributed by atoms with E-state index in [1.807, 2.05) is 24.3 Å². The largest absolute Gasteiger partial charge is 0.340 e. The summed E-state index contributed by atoms with van der Waals surface area (Å²) in [5, 5.41) is 0. The summed E-state index contributed by atoms with van der Waals surface area (Å²) in [6, 6.07) is 7.17. The third-order valence-electron chi connectivity index (χ3n) is 3.62. The number of carbonyl (C=O) groups excluding carboxylic acids is 1. The van der Waals surface area contributed by atoms with Crippen LogP contribution in [0, 0.1) is 0 Å². The van der Waals surface area contributed by atoms with Crippen LogP contribution in [0.3, 0.4) is 0 Å².